The zero-order valence-electron chi connectivity index (χ0n) is 12.0. The lowest BCUT2D eigenvalue weighted by molar-refractivity contribution is 0.193. The summed E-state index contributed by atoms with van der Waals surface area (Å²) in [7, 11) is 0. The highest BCUT2D eigenvalue weighted by atomic mass is 19.1. The molecule has 0 aliphatic rings. The van der Waals surface area contributed by atoms with Gasteiger partial charge in [-0.1, -0.05) is 18.2 Å². The van der Waals surface area contributed by atoms with Crippen molar-refractivity contribution >= 4 is 0 Å². The van der Waals surface area contributed by atoms with Gasteiger partial charge in [-0.2, -0.15) is 0 Å². The molecule has 0 aliphatic heterocycles. The molecule has 0 unspecified atom stereocenters. The summed E-state index contributed by atoms with van der Waals surface area (Å²) < 4.78 is 24.6. The number of aliphatic hydroxyl groups is 1. The van der Waals surface area contributed by atoms with E-state index in [1.165, 1.54) is 19.1 Å². The lowest BCUT2D eigenvalue weighted by Crippen LogP contribution is -2.05. The first-order chi connectivity index (χ1) is 10.2. The Morgan fingerprint density at radius 1 is 1.00 bits per heavy atom. The molecule has 1 N–H and O–H groups in total. The van der Waals surface area contributed by atoms with E-state index in [4.69, 9.17) is 9.47 Å². The van der Waals surface area contributed by atoms with Gasteiger partial charge in [0.2, 0.25) is 0 Å². The summed E-state index contributed by atoms with van der Waals surface area (Å²) >= 11 is 0. The van der Waals surface area contributed by atoms with Gasteiger partial charge in [-0.05, 0) is 31.2 Å². The monoisotopic (exact) mass is 290 g/mol. The molecule has 0 aliphatic carbocycles. The molecule has 2 aromatic carbocycles. The maximum absolute atomic E-state index is 13.6. The molecule has 112 valence electrons. The van der Waals surface area contributed by atoms with Crippen LogP contribution in [0, 0.1) is 5.82 Å². The molecule has 0 saturated heterocycles. The van der Waals surface area contributed by atoms with Crippen LogP contribution in [0.5, 0.6) is 11.5 Å². The van der Waals surface area contributed by atoms with E-state index in [0.717, 1.165) is 5.75 Å². The van der Waals surface area contributed by atoms with Gasteiger partial charge in [0.1, 0.15) is 17.3 Å². The van der Waals surface area contributed by atoms with E-state index in [1.807, 2.05) is 30.3 Å². The molecule has 0 bridgehead atoms. The van der Waals surface area contributed by atoms with Gasteiger partial charge in [0.05, 0.1) is 19.3 Å². The number of hydrogen-bond donors (Lipinski definition) is 1. The minimum absolute atomic E-state index is 0.273. The van der Waals surface area contributed by atoms with Gasteiger partial charge in [-0.3, -0.25) is 0 Å². The number of benzene rings is 2. The number of hydrogen-bond acceptors (Lipinski definition) is 3. The lowest BCUT2D eigenvalue weighted by Gasteiger charge is -2.10. The first-order valence-corrected chi connectivity index (χ1v) is 6.95. The van der Waals surface area contributed by atoms with E-state index < -0.39 is 11.9 Å². The van der Waals surface area contributed by atoms with Crippen LogP contribution in [0.25, 0.3) is 0 Å². The Kier molecular flexibility index (Phi) is 5.58. The number of para-hydroxylation sites is 1. The summed E-state index contributed by atoms with van der Waals surface area (Å²) in [6.45, 7) is 2.51. The van der Waals surface area contributed by atoms with Gasteiger partial charge in [0.15, 0.2) is 0 Å². The van der Waals surface area contributed by atoms with Gasteiger partial charge in [0.25, 0.3) is 0 Å². The average Bonchev–Trinajstić information content (AvgIpc) is 2.47. The third kappa shape index (κ3) is 4.76. The molecule has 2 aromatic rings. The molecule has 4 heteroatoms. The van der Waals surface area contributed by atoms with Crippen LogP contribution < -0.4 is 9.47 Å². The van der Waals surface area contributed by atoms with Crippen molar-refractivity contribution in [3.05, 3.63) is 59.9 Å². The van der Waals surface area contributed by atoms with Crippen LogP contribution in [0.2, 0.25) is 0 Å². The van der Waals surface area contributed by atoms with Crippen molar-refractivity contribution in [2.24, 2.45) is 0 Å². The Balaban J connectivity index is 1.72. The summed E-state index contributed by atoms with van der Waals surface area (Å²) in [5, 5.41) is 9.35. The zero-order chi connectivity index (χ0) is 15.1. The smallest absolute Gasteiger partial charge is 0.132 e. The van der Waals surface area contributed by atoms with Crippen LogP contribution in [0.15, 0.2) is 48.5 Å². The first kappa shape index (κ1) is 15.3. The van der Waals surface area contributed by atoms with Gasteiger partial charge >= 0.3 is 0 Å². The maximum atomic E-state index is 13.6. The number of rotatable bonds is 7. The van der Waals surface area contributed by atoms with Crippen LogP contribution in [-0.2, 0) is 0 Å². The largest absolute Gasteiger partial charge is 0.493 e. The molecule has 2 rings (SSSR count). The fourth-order valence-corrected chi connectivity index (χ4v) is 1.89. The van der Waals surface area contributed by atoms with Crippen molar-refractivity contribution < 1.29 is 19.0 Å². The molecule has 0 radical (unpaired) electrons. The fourth-order valence-electron chi connectivity index (χ4n) is 1.89. The molecular weight excluding hydrogens is 271 g/mol. The van der Waals surface area contributed by atoms with Crippen molar-refractivity contribution in [3.63, 3.8) is 0 Å². The quantitative estimate of drug-likeness (QED) is 0.790. The standard InChI is InChI=1S/C17H19FO3/c1-13(19)16-9-8-15(12-17(16)18)21-11-5-10-20-14-6-3-2-4-7-14/h2-4,6-9,12-13,19H,5,10-11H2,1H3/t13-/m0/s1. The van der Waals surface area contributed by atoms with E-state index in [2.05, 4.69) is 0 Å². The molecule has 0 heterocycles. The second-order valence-electron chi connectivity index (χ2n) is 4.72. The Morgan fingerprint density at radius 2 is 1.67 bits per heavy atom. The van der Waals surface area contributed by atoms with Crippen molar-refractivity contribution in [3.8, 4) is 11.5 Å². The number of aliphatic hydroxyl groups excluding tert-OH is 1. The van der Waals surface area contributed by atoms with Crippen LogP contribution in [0.1, 0.15) is 25.0 Å². The second-order valence-corrected chi connectivity index (χ2v) is 4.72. The van der Waals surface area contributed by atoms with Crippen LogP contribution in [0.3, 0.4) is 0 Å². The highest BCUT2D eigenvalue weighted by Crippen LogP contribution is 2.21. The van der Waals surface area contributed by atoms with Crippen molar-refractivity contribution in [2.45, 2.75) is 19.4 Å². The van der Waals surface area contributed by atoms with E-state index in [1.54, 1.807) is 6.07 Å². The Morgan fingerprint density at radius 3 is 2.29 bits per heavy atom. The van der Waals surface area contributed by atoms with E-state index in [0.29, 0.717) is 25.4 Å². The molecule has 3 nitrogen and oxygen atoms in total. The molecule has 0 spiro atoms. The fraction of sp³-hybridized carbons (Fsp3) is 0.294. The average molecular weight is 290 g/mol. The second kappa shape index (κ2) is 7.64. The summed E-state index contributed by atoms with van der Waals surface area (Å²) in [5.41, 5.74) is 0.273. The molecule has 1 atom stereocenters. The highest BCUT2D eigenvalue weighted by molar-refractivity contribution is 5.30. The molecule has 0 amide bonds. The maximum Gasteiger partial charge on any atom is 0.132 e. The normalized spacial score (nSPS) is 12.0. The molecule has 21 heavy (non-hydrogen) atoms. The van der Waals surface area contributed by atoms with E-state index in [9.17, 15) is 9.50 Å². The van der Waals surface area contributed by atoms with Gasteiger partial charge in [-0.25, -0.2) is 4.39 Å². The minimum Gasteiger partial charge on any atom is -0.493 e. The van der Waals surface area contributed by atoms with E-state index in [-0.39, 0.29) is 5.56 Å². The first-order valence-electron chi connectivity index (χ1n) is 6.95. The molecular formula is C17H19FO3. The Bertz CT molecular complexity index is 555. The zero-order valence-corrected chi connectivity index (χ0v) is 12.0. The number of halogens is 1. The lowest BCUT2D eigenvalue weighted by atomic mass is 10.1. The van der Waals surface area contributed by atoms with Crippen LogP contribution in [-0.4, -0.2) is 18.3 Å². The molecule has 0 fully saturated rings. The van der Waals surface area contributed by atoms with Gasteiger partial charge in [0, 0.05) is 18.1 Å². The predicted octanol–water partition coefficient (Wildman–Crippen LogP) is 3.73. The van der Waals surface area contributed by atoms with Gasteiger partial charge < -0.3 is 14.6 Å². The summed E-state index contributed by atoms with van der Waals surface area (Å²) in [5.74, 6) is 0.824. The Hall–Kier alpha value is -2.07. The highest BCUT2D eigenvalue weighted by Gasteiger charge is 2.08. The van der Waals surface area contributed by atoms with Crippen molar-refractivity contribution in [1.82, 2.24) is 0 Å². The molecule has 0 aromatic heterocycles. The van der Waals surface area contributed by atoms with Crippen molar-refractivity contribution in [1.29, 1.82) is 0 Å². The van der Waals surface area contributed by atoms with Crippen LogP contribution >= 0.6 is 0 Å². The topological polar surface area (TPSA) is 38.7 Å². The Labute approximate surface area is 124 Å². The predicted molar refractivity (Wildman–Crippen MR) is 79.1 cm³/mol. The van der Waals surface area contributed by atoms with E-state index >= 15 is 0 Å². The molecule has 0 saturated carbocycles. The minimum atomic E-state index is -0.821. The SMILES string of the molecule is C[C@H](O)c1ccc(OCCCOc2ccccc2)cc1F. The summed E-state index contributed by atoms with van der Waals surface area (Å²) in [4.78, 5) is 0. The summed E-state index contributed by atoms with van der Waals surface area (Å²) in [6, 6.07) is 14.0. The van der Waals surface area contributed by atoms with Gasteiger partial charge in [-0.15, -0.1) is 0 Å². The number of ether oxygens (including phenoxy) is 2. The van der Waals surface area contributed by atoms with Crippen LogP contribution in [0.4, 0.5) is 4.39 Å². The third-order valence-electron chi connectivity index (χ3n) is 2.99. The third-order valence-corrected chi connectivity index (χ3v) is 2.99. The van der Waals surface area contributed by atoms with Crippen molar-refractivity contribution in [2.75, 3.05) is 13.2 Å². The summed E-state index contributed by atoms with van der Waals surface area (Å²) in [6.07, 6.45) is -0.118.